The van der Waals surface area contributed by atoms with E-state index in [2.05, 4.69) is 51.1 Å². The summed E-state index contributed by atoms with van der Waals surface area (Å²) in [5.74, 6) is 0.580. The van der Waals surface area contributed by atoms with Crippen molar-refractivity contribution in [3.63, 3.8) is 0 Å². The van der Waals surface area contributed by atoms with Crippen LogP contribution in [0.5, 0.6) is 0 Å². The van der Waals surface area contributed by atoms with E-state index in [-0.39, 0.29) is 16.6 Å². The molecule has 0 aliphatic heterocycles. The zero-order chi connectivity index (χ0) is 26.8. The Hall–Kier alpha value is -1.96. The molecule has 0 saturated heterocycles. The molecule has 8 heteroatoms. The highest BCUT2D eigenvalue weighted by Crippen LogP contribution is 2.39. The van der Waals surface area contributed by atoms with Gasteiger partial charge in [-0.25, -0.2) is 4.98 Å². The fraction of sp³-hybridized carbons (Fsp3) is 0.621. The van der Waals surface area contributed by atoms with E-state index in [1.165, 1.54) is 0 Å². The van der Waals surface area contributed by atoms with E-state index in [9.17, 15) is 4.79 Å². The van der Waals surface area contributed by atoms with Crippen molar-refractivity contribution in [1.29, 1.82) is 0 Å². The zero-order valence-corrected chi connectivity index (χ0v) is 25.1. The van der Waals surface area contributed by atoms with Gasteiger partial charge in [0.25, 0.3) is 5.56 Å². The summed E-state index contributed by atoms with van der Waals surface area (Å²) < 4.78 is 8.71. The first-order chi connectivity index (χ1) is 17.5. The summed E-state index contributed by atoms with van der Waals surface area (Å²) in [7, 11) is -1.81. The number of benzene rings is 1. The summed E-state index contributed by atoms with van der Waals surface area (Å²) in [6.07, 6.45) is 10.3. The topological polar surface area (TPSA) is 69.0 Å². The number of pyridine rings is 1. The molecule has 0 spiro atoms. The van der Waals surface area contributed by atoms with Crippen molar-refractivity contribution in [2.75, 3.05) is 11.9 Å². The van der Waals surface area contributed by atoms with Crippen LogP contribution >= 0.6 is 11.6 Å². The maximum atomic E-state index is 13.9. The lowest BCUT2D eigenvalue weighted by molar-refractivity contribution is 0.141. The molecule has 4 rings (SSSR count). The summed E-state index contributed by atoms with van der Waals surface area (Å²) in [5, 5.41) is 6.50. The van der Waals surface area contributed by atoms with Gasteiger partial charge in [0.05, 0.1) is 0 Å². The van der Waals surface area contributed by atoms with E-state index in [0.29, 0.717) is 28.1 Å². The van der Waals surface area contributed by atoms with Gasteiger partial charge in [-0.3, -0.25) is 9.36 Å². The Labute approximate surface area is 227 Å². The maximum absolute atomic E-state index is 13.9. The van der Waals surface area contributed by atoms with Crippen LogP contribution < -0.4 is 10.9 Å². The fourth-order valence-corrected chi connectivity index (χ4v) is 6.72. The molecule has 6 nitrogen and oxygen atoms in total. The van der Waals surface area contributed by atoms with Crippen LogP contribution in [0, 0.1) is 0 Å². The molecule has 0 radical (unpaired) electrons. The van der Waals surface area contributed by atoms with Crippen LogP contribution in [0.15, 0.2) is 29.2 Å². The molecule has 1 N–H and O–H groups in total. The van der Waals surface area contributed by atoms with E-state index >= 15 is 0 Å². The number of anilines is 1. The number of hydrogen-bond acceptors (Lipinski definition) is 5. The van der Waals surface area contributed by atoms with Crippen LogP contribution in [0.4, 0.5) is 5.95 Å². The number of unbranched alkanes of at least 4 members (excludes halogenated alkanes) is 1. The molecule has 2 aromatic heterocycles. The lowest BCUT2D eigenvalue weighted by Crippen LogP contribution is -2.44. The standard InChI is InChI=1S/C29H43ClN4O2Si/c1-7-8-17-31-28-32-19-25-23-16-15-20(30)18-24(23)27(35)34(26(25)33-28)21-11-9-13-22(14-10-12-21)36-37(5,6)29(2,3)4/h15-16,18-19,21-22H,7-14,17H2,1-6H3,(H,31,32,33). The van der Waals surface area contributed by atoms with Gasteiger partial charge in [-0.15, -0.1) is 0 Å². The quantitative estimate of drug-likeness (QED) is 0.185. The van der Waals surface area contributed by atoms with E-state index in [0.717, 1.165) is 68.7 Å². The monoisotopic (exact) mass is 542 g/mol. The van der Waals surface area contributed by atoms with Gasteiger partial charge < -0.3 is 9.74 Å². The van der Waals surface area contributed by atoms with E-state index in [1.54, 1.807) is 6.07 Å². The molecule has 1 aromatic carbocycles. The third kappa shape index (κ3) is 6.20. The van der Waals surface area contributed by atoms with Gasteiger partial charge in [-0.1, -0.05) is 51.8 Å². The van der Waals surface area contributed by atoms with Crippen molar-refractivity contribution in [3.05, 3.63) is 39.8 Å². The Morgan fingerprint density at radius 1 is 1.11 bits per heavy atom. The summed E-state index contributed by atoms with van der Waals surface area (Å²) in [5.41, 5.74) is 0.705. The summed E-state index contributed by atoms with van der Waals surface area (Å²) in [6.45, 7) is 14.6. The molecule has 1 saturated carbocycles. The van der Waals surface area contributed by atoms with Crippen molar-refractivity contribution in [2.24, 2.45) is 0 Å². The minimum Gasteiger partial charge on any atom is -0.414 e. The number of nitrogens with one attached hydrogen (secondary N) is 1. The van der Waals surface area contributed by atoms with Gasteiger partial charge in [0.2, 0.25) is 5.95 Å². The summed E-state index contributed by atoms with van der Waals surface area (Å²) in [6, 6.07) is 5.62. The maximum Gasteiger partial charge on any atom is 0.260 e. The van der Waals surface area contributed by atoms with Crippen molar-refractivity contribution >= 4 is 47.7 Å². The first-order valence-electron chi connectivity index (χ1n) is 13.9. The molecule has 0 unspecified atom stereocenters. The highest BCUT2D eigenvalue weighted by atomic mass is 35.5. The first kappa shape index (κ1) is 28.1. The van der Waals surface area contributed by atoms with E-state index < -0.39 is 8.32 Å². The molecule has 0 amide bonds. The smallest absolute Gasteiger partial charge is 0.260 e. The number of fused-ring (bicyclic) bond motifs is 3. The van der Waals surface area contributed by atoms with Crippen LogP contribution in [-0.2, 0) is 4.43 Å². The van der Waals surface area contributed by atoms with Crippen LogP contribution in [-0.4, -0.2) is 35.5 Å². The van der Waals surface area contributed by atoms with Gasteiger partial charge in [-0.2, -0.15) is 4.98 Å². The van der Waals surface area contributed by atoms with Gasteiger partial charge in [0, 0.05) is 40.7 Å². The van der Waals surface area contributed by atoms with Crippen LogP contribution in [0.1, 0.15) is 85.1 Å². The molecule has 3 aromatic rings. The van der Waals surface area contributed by atoms with Gasteiger partial charge in [0.1, 0.15) is 5.65 Å². The second-order valence-electron chi connectivity index (χ2n) is 12.1. The average molecular weight is 543 g/mol. The molecular formula is C29H43ClN4O2Si. The Morgan fingerprint density at radius 3 is 2.46 bits per heavy atom. The van der Waals surface area contributed by atoms with Gasteiger partial charge in [-0.05, 0) is 80.6 Å². The lowest BCUT2D eigenvalue weighted by atomic mass is 9.94. The van der Waals surface area contributed by atoms with Crippen molar-refractivity contribution < 1.29 is 4.43 Å². The largest absolute Gasteiger partial charge is 0.414 e. The SMILES string of the molecule is CCCCNc1ncc2c3ccc(Cl)cc3c(=O)n(C3CCCC(O[Si](C)(C)C(C)(C)C)CCC3)c2n1. The van der Waals surface area contributed by atoms with Crippen molar-refractivity contribution in [3.8, 4) is 0 Å². The van der Waals surface area contributed by atoms with Crippen LogP contribution in [0.2, 0.25) is 23.2 Å². The number of aromatic nitrogens is 3. The molecule has 1 aliphatic rings. The molecule has 1 fully saturated rings. The minimum absolute atomic E-state index is 0.0112. The average Bonchev–Trinajstić information content (AvgIpc) is 2.81. The van der Waals surface area contributed by atoms with Gasteiger partial charge >= 0.3 is 0 Å². The number of halogens is 1. The highest BCUT2D eigenvalue weighted by molar-refractivity contribution is 6.74. The molecule has 0 bridgehead atoms. The third-order valence-electron chi connectivity index (χ3n) is 8.29. The van der Waals surface area contributed by atoms with Crippen LogP contribution in [0.25, 0.3) is 21.8 Å². The Morgan fingerprint density at radius 2 is 1.81 bits per heavy atom. The number of rotatable bonds is 7. The molecule has 202 valence electrons. The Kier molecular flexibility index (Phi) is 8.66. The Balaban J connectivity index is 1.67. The van der Waals surface area contributed by atoms with Crippen LogP contribution in [0.3, 0.4) is 0 Å². The normalized spacial score (nSPS) is 19.6. The fourth-order valence-electron chi connectivity index (χ4n) is 5.12. The molecule has 0 atom stereocenters. The van der Waals surface area contributed by atoms with Gasteiger partial charge in [0.15, 0.2) is 8.32 Å². The summed E-state index contributed by atoms with van der Waals surface area (Å²) in [4.78, 5) is 23.4. The number of nitrogens with zero attached hydrogens (tertiary/aromatic N) is 3. The highest BCUT2D eigenvalue weighted by Gasteiger charge is 2.39. The third-order valence-corrected chi connectivity index (χ3v) is 13.1. The Bertz CT molecular complexity index is 1290. The molecule has 2 heterocycles. The zero-order valence-electron chi connectivity index (χ0n) is 23.4. The second kappa shape index (κ2) is 11.4. The first-order valence-corrected chi connectivity index (χ1v) is 17.2. The van der Waals surface area contributed by atoms with E-state index in [1.807, 2.05) is 22.9 Å². The predicted octanol–water partition coefficient (Wildman–Crippen LogP) is 8.10. The van der Waals surface area contributed by atoms with Crippen molar-refractivity contribution in [1.82, 2.24) is 14.5 Å². The predicted molar refractivity (Wildman–Crippen MR) is 159 cm³/mol. The van der Waals surface area contributed by atoms with Crippen molar-refractivity contribution in [2.45, 2.75) is 109 Å². The summed E-state index contributed by atoms with van der Waals surface area (Å²) >= 11 is 6.32. The molecular weight excluding hydrogens is 500 g/mol. The van der Waals surface area contributed by atoms with E-state index in [4.69, 9.17) is 21.0 Å². The second-order valence-corrected chi connectivity index (χ2v) is 17.3. The number of hydrogen-bond donors (Lipinski definition) is 1. The molecule has 1 aliphatic carbocycles. The lowest BCUT2D eigenvalue weighted by Gasteiger charge is -2.40. The minimum atomic E-state index is -1.81. The molecule has 37 heavy (non-hydrogen) atoms.